The second-order valence-electron chi connectivity index (χ2n) is 6.80. The average Bonchev–Trinajstić information content (AvgIpc) is 2.98. The van der Waals surface area contributed by atoms with Gasteiger partial charge in [-0.15, -0.1) is 24.0 Å². The van der Waals surface area contributed by atoms with E-state index in [0.29, 0.717) is 18.7 Å². The Hall–Kier alpha value is -1.61. The molecule has 0 fully saturated rings. The van der Waals surface area contributed by atoms with Gasteiger partial charge in [0, 0.05) is 44.6 Å². The molecule has 0 saturated carbocycles. The number of hydrogen-bond acceptors (Lipinski definition) is 2. The monoisotopic (exact) mass is 487 g/mol. The largest absolute Gasteiger partial charge is 0.357 e. The number of nitrogens with zero attached hydrogens (tertiary/aromatic N) is 4. The molecule has 0 aliphatic heterocycles. The number of benzene rings is 1. The Morgan fingerprint density at radius 1 is 1.19 bits per heavy atom. The van der Waals surface area contributed by atoms with Gasteiger partial charge in [-0.1, -0.05) is 6.07 Å². The minimum absolute atomic E-state index is 0. The van der Waals surface area contributed by atoms with Crippen molar-refractivity contribution in [3.8, 4) is 0 Å². The van der Waals surface area contributed by atoms with E-state index in [-0.39, 0.29) is 29.8 Å². The van der Waals surface area contributed by atoms with Crippen molar-refractivity contribution in [3.05, 3.63) is 59.2 Å². The van der Waals surface area contributed by atoms with Crippen LogP contribution in [-0.4, -0.2) is 48.0 Å². The van der Waals surface area contributed by atoms with E-state index in [9.17, 15) is 4.39 Å². The zero-order valence-corrected chi connectivity index (χ0v) is 19.2. The first-order valence-corrected chi connectivity index (χ1v) is 8.92. The van der Waals surface area contributed by atoms with Crippen molar-refractivity contribution in [2.75, 3.05) is 27.7 Å². The molecule has 0 unspecified atom stereocenters. The van der Waals surface area contributed by atoms with Gasteiger partial charge in [0.2, 0.25) is 0 Å². The standard InChI is InChI=1S/C20H30FN5.HI/c1-6-22-20(26(5)15-18-8-7-11-25(18)4)23-13-16-9-10-19(21)17(12-16)14-24(2)3;/h7-12H,6,13-15H2,1-5H3,(H,22,23);1H. The highest BCUT2D eigenvalue weighted by molar-refractivity contribution is 14.0. The van der Waals surface area contributed by atoms with Crippen LogP contribution in [-0.2, 0) is 26.7 Å². The molecule has 5 nitrogen and oxygen atoms in total. The molecule has 0 aliphatic carbocycles. The molecule has 0 bridgehead atoms. The van der Waals surface area contributed by atoms with Crippen LogP contribution in [0.25, 0.3) is 0 Å². The topological polar surface area (TPSA) is 35.8 Å². The van der Waals surface area contributed by atoms with Crippen molar-refractivity contribution >= 4 is 29.9 Å². The molecule has 0 amide bonds. The van der Waals surface area contributed by atoms with Gasteiger partial charge in [0.1, 0.15) is 5.82 Å². The minimum atomic E-state index is -0.167. The van der Waals surface area contributed by atoms with Crippen molar-refractivity contribution in [2.24, 2.45) is 12.0 Å². The van der Waals surface area contributed by atoms with Crippen molar-refractivity contribution < 1.29 is 4.39 Å². The Labute approximate surface area is 179 Å². The number of hydrogen-bond donors (Lipinski definition) is 1. The molecule has 1 aromatic heterocycles. The lowest BCUT2D eigenvalue weighted by molar-refractivity contribution is 0.392. The van der Waals surface area contributed by atoms with Gasteiger partial charge in [-0.25, -0.2) is 9.38 Å². The van der Waals surface area contributed by atoms with E-state index in [4.69, 9.17) is 4.99 Å². The zero-order valence-electron chi connectivity index (χ0n) is 16.9. The molecule has 0 spiro atoms. The molecular weight excluding hydrogens is 456 g/mol. The molecule has 2 aromatic rings. The molecule has 7 heteroatoms. The van der Waals surface area contributed by atoms with Gasteiger partial charge < -0.3 is 19.7 Å². The van der Waals surface area contributed by atoms with Crippen LogP contribution in [0.5, 0.6) is 0 Å². The third-order valence-corrected chi connectivity index (χ3v) is 4.16. The number of nitrogens with one attached hydrogen (secondary N) is 1. The maximum atomic E-state index is 13.9. The number of halogens is 2. The van der Waals surface area contributed by atoms with Crippen LogP contribution in [0.2, 0.25) is 0 Å². The summed E-state index contributed by atoms with van der Waals surface area (Å²) in [4.78, 5) is 8.79. The Morgan fingerprint density at radius 3 is 2.52 bits per heavy atom. The van der Waals surface area contributed by atoms with Crippen molar-refractivity contribution in [3.63, 3.8) is 0 Å². The third-order valence-electron chi connectivity index (χ3n) is 4.16. The van der Waals surface area contributed by atoms with E-state index < -0.39 is 0 Å². The Balaban J connectivity index is 0.00000364. The van der Waals surface area contributed by atoms with E-state index in [2.05, 4.69) is 27.8 Å². The predicted molar refractivity (Wildman–Crippen MR) is 121 cm³/mol. The van der Waals surface area contributed by atoms with E-state index in [0.717, 1.165) is 24.6 Å². The molecule has 27 heavy (non-hydrogen) atoms. The fraction of sp³-hybridized carbons (Fsp3) is 0.450. The molecule has 0 atom stereocenters. The minimum Gasteiger partial charge on any atom is -0.357 e. The summed E-state index contributed by atoms with van der Waals surface area (Å²) >= 11 is 0. The Kier molecular flexibility index (Phi) is 9.79. The number of rotatable bonds is 7. The number of aromatic nitrogens is 1. The van der Waals surface area contributed by atoms with Crippen LogP contribution >= 0.6 is 24.0 Å². The summed E-state index contributed by atoms with van der Waals surface area (Å²) in [7, 11) is 7.94. The van der Waals surface area contributed by atoms with Crippen molar-refractivity contribution in [1.82, 2.24) is 19.7 Å². The lowest BCUT2D eigenvalue weighted by atomic mass is 10.1. The average molecular weight is 487 g/mol. The normalized spacial score (nSPS) is 11.4. The predicted octanol–water partition coefficient (Wildman–Crippen LogP) is 3.44. The van der Waals surface area contributed by atoms with Gasteiger partial charge in [-0.05, 0) is 50.8 Å². The summed E-state index contributed by atoms with van der Waals surface area (Å²) in [6.45, 7) is 4.71. The van der Waals surface area contributed by atoms with Gasteiger partial charge in [0.25, 0.3) is 0 Å². The first-order valence-electron chi connectivity index (χ1n) is 8.92. The molecule has 1 N–H and O–H groups in total. The summed E-state index contributed by atoms with van der Waals surface area (Å²) in [5, 5.41) is 3.33. The van der Waals surface area contributed by atoms with Crippen molar-refractivity contribution in [2.45, 2.75) is 26.6 Å². The highest BCUT2D eigenvalue weighted by Gasteiger charge is 2.09. The smallest absolute Gasteiger partial charge is 0.194 e. The molecule has 0 radical (unpaired) electrons. The fourth-order valence-corrected chi connectivity index (χ4v) is 2.80. The molecule has 0 aliphatic rings. The van der Waals surface area contributed by atoms with Crippen LogP contribution in [0.4, 0.5) is 4.39 Å². The second-order valence-corrected chi connectivity index (χ2v) is 6.80. The summed E-state index contributed by atoms with van der Waals surface area (Å²) in [6.07, 6.45) is 2.04. The molecule has 1 heterocycles. The summed E-state index contributed by atoms with van der Waals surface area (Å²) in [5.74, 6) is 0.673. The lowest BCUT2D eigenvalue weighted by Crippen LogP contribution is -2.38. The third kappa shape index (κ3) is 7.14. The van der Waals surface area contributed by atoms with Crippen LogP contribution in [0.3, 0.4) is 0 Å². The molecular formula is C20H31FIN5. The number of guanidine groups is 1. The second kappa shape index (κ2) is 11.3. The number of aliphatic imine (C=N–C) groups is 1. The summed E-state index contributed by atoms with van der Waals surface area (Å²) < 4.78 is 16.0. The highest BCUT2D eigenvalue weighted by atomic mass is 127. The molecule has 0 saturated heterocycles. The Morgan fingerprint density at radius 2 is 1.93 bits per heavy atom. The SMILES string of the molecule is CCNC(=NCc1ccc(F)c(CN(C)C)c1)N(C)Cc1cccn1C.I. The highest BCUT2D eigenvalue weighted by Crippen LogP contribution is 2.13. The van der Waals surface area contributed by atoms with Crippen molar-refractivity contribution in [1.29, 1.82) is 0 Å². The zero-order chi connectivity index (χ0) is 19.1. The maximum absolute atomic E-state index is 13.9. The van der Waals surface area contributed by atoms with Gasteiger partial charge in [0.15, 0.2) is 5.96 Å². The van der Waals surface area contributed by atoms with Gasteiger partial charge in [-0.2, -0.15) is 0 Å². The van der Waals surface area contributed by atoms with Gasteiger partial charge in [-0.3, -0.25) is 0 Å². The van der Waals surface area contributed by atoms with Crippen LogP contribution < -0.4 is 5.32 Å². The van der Waals surface area contributed by atoms with E-state index in [1.54, 1.807) is 6.07 Å². The van der Waals surface area contributed by atoms with Gasteiger partial charge in [0.05, 0.1) is 13.1 Å². The molecule has 150 valence electrons. The summed E-state index contributed by atoms with van der Waals surface area (Å²) in [6, 6.07) is 9.38. The number of aryl methyl sites for hydroxylation is 1. The van der Waals surface area contributed by atoms with E-state index >= 15 is 0 Å². The van der Waals surface area contributed by atoms with E-state index in [1.165, 1.54) is 11.8 Å². The molecule has 2 rings (SSSR count). The van der Waals surface area contributed by atoms with E-state index in [1.807, 2.05) is 51.4 Å². The van der Waals surface area contributed by atoms with Crippen LogP contribution in [0.15, 0.2) is 41.5 Å². The van der Waals surface area contributed by atoms with Gasteiger partial charge >= 0.3 is 0 Å². The van der Waals surface area contributed by atoms with Crippen LogP contribution in [0.1, 0.15) is 23.7 Å². The first kappa shape index (κ1) is 23.4. The lowest BCUT2D eigenvalue weighted by Gasteiger charge is -2.22. The Bertz CT molecular complexity index is 742. The fourth-order valence-electron chi connectivity index (χ4n) is 2.80. The molecule has 1 aromatic carbocycles. The summed E-state index contributed by atoms with van der Waals surface area (Å²) in [5.41, 5.74) is 2.92. The quantitative estimate of drug-likeness (QED) is 0.370. The van der Waals surface area contributed by atoms with Crippen LogP contribution in [0, 0.1) is 5.82 Å². The first-order chi connectivity index (χ1) is 12.4. The maximum Gasteiger partial charge on any atom is 0.194 e.